The van der Waals surface area contributed by atoms with Gasteiger partial charge in [0, 0.05) is 24.8 Å². The molecule has 1 aromatic rings. The molecule has 22 heavy (non-hydrogen) atoms. The van der Waals surface area contributed by atoms with Crippen molar-refractivity contribution < 1.29 is 23.9 Å². The van der Waals surface area contributed by atoms with Gasteiger partial charge in [-0.2, -0.15) is 0 Å². The molecule has 0 radical (unpaired) electrons. The number of imide groups is 1. The van der Waals surface area contributed by atoms with Crippen molar-refractivity contribution in [2.45, 2.75) is 6.42 Å². The lowest BCUT2D eigenvalue weighted by molar-refractivity contribution is -0.156. The van der Waals surface area contributed by atoms with E-state index in [1.807, 2.05) is 18.2 Å². The molecule has 0 unspecified atom stereocenters. The summed E-state index contributed by atoms with van der Waals surface area (Å²) in [6, 6.07) is 9.06. The summed E-state index contributed by atoms with van der Waals surface area (Å²) in [5, 5.41) is 0. The Kier molecular flexibility index (Phi) is 4.98. The Morgan fingerprint density at radius 1 is 1.05 bits per heavy atom. The second-order valence-electron chi connectivity index (χ2n) is 4.45. The highest BCUT2D eigenvalue weighted by Crippen LogP contribution is 2.05. The van der Waals surface area contributed by atoms with E-state index < -0.39 is 23.8 Å². The molecule has 0 saturated carbocycles. The zero-order chi connectivity index (χ0) is 15.9. The lowest BCUT2D eigenvalue weighted by Crippen LogP contribution is -2.32. The predicted molar refractivity (Wildman–Crippen MR) is 77.1 cm³/mol. The van der Waals surface area contributed by atoms with E-state index in [-0.39, 0.29) is 13.0 Å². The highest BCUT2D eigenvalue weighted by molar-refractivity contribution is 6.13. The molecule has 0 saturated heterocycles. The molecule has 2 amide bonds. The molecular formula is C16H13NO5. The monoisotopic (exact) mass is 299 g/mol. The summed E-state index contributed by atoms with van der Waals surface area (Å²) in [6.45, 7) is -0.112. The lowest BCUT2D eigenvalue weighted by Gasteiger charge is -2.12. The molecular weight excluding hydrogens is 286 g/mol. The number of ether oxygens (including phenoxy) is 1. The molecule has 0 fully saturated rings. The maximum absolute atomic E-state index is 11.5. The Labute approximate surface area is 126 Å². The van der Waals surface area contributed by atoms with E-state index in [1.165, 1.54) is 6.08 Å². The Morgan fingerprint density at radius 3 is 2.32 bits per heavy atom. The Hall–Kier alpha value is -3.02. The summed E-state index contributed by atoms with van der Waals surface area (Å²) in [4.78, 5) is 46.4. The summed E-state index contributed by atoms with van der Waals surface area (Å²) < 4.78 is 4.57. The van der Waals surface area contributed by atoms with Gasteiger partial charge in [0.1, 0.15) is 0 Å². The van der Waals surface area contributed by atoms with Gasteiger partial charge in [-0.15, -0.1) is 0 Å². The average molecular weight is 299 g/mol. The molecule has 6 heteroatoms. The molecule has 0 spiro atoms. The van der Waals surface area contributed by atoms with Gasteiger partial charge in [-0.3, -0.25) is 19.3 Å². The highest BCUT2D eigenvalue weighted by atomic mass is 16.6. The number of benzene rings is 1. The van der Waals surface area contributed by atoms with Crippen molar-refractivity contribution in [3.8, 4) is 0 Å². The molecule has 2 rings (SSSR count). The number of hydrogen-bond acceptors (Lipinski definition) is 5. The van der Waals surface area contributed by atoms with Crippen molar-refractivity contribution in [3.63, 3.8) is 0 Å². The average Bonchev–Trinajstić information content (AvgIpc) is 2.83. The molecule has 0 aliphatic carbocycles. The van der Waals surface area contributed by atoms with Crippen LogP contribution in [0.2, 0.25) is 0 Å². The van der Waals surface area contributed by atoms with Crippen molar-refractivity contribution in [2.24, 2.45) is 0 Å². The number of carbonyl (C=O) groups is 4. The standard InChI is InChI=1S/C16H13NO5/c18-13-7-8-14(19)17(13)11-10-16(21)22-15(20)9-6-12-4-2-1-3-5-12/h1-9H,10-11H2. The van der Waals surface area contributed by atoms with E-state index >= 15 is 0 Å². The van der Waals surface area contributed by atoms with Crippen molar-refractivity contribution in [1.29, 1.82) is 0 Å². The van der Waals surface area contributed by atoms with Gasteiger partial charge < -0.3 is 4.74 Å². The topological polar surface area (TPSA) is 80.8 Å². The number of hydrogen-bond donors (Lipinski definition) is 0. The molecule has 6 nitrogen and oxygen atoms in total. The molecule has 0 aromatic heterocycles. The van der Waals surface area contributed by atoms with Gasteiger partial charge in [0.2, 0.25) is 0 Å². The third-order valence-corrected chi connectivity index (χ3v) is 2.87. The van der Waals surface area contributed by atoms with Crippen LogP contribution in [0.1, 0.15) is 12.0 Å². The van der Waals surface area contributed by atoms with Crippen LogP contribution in [0.4, 0.5) is 0 Å². The van der Waals surface area contributed by atoms with Crippen molar-refractivity contribution in [2.75, 3.05) is 6.54 Å². The van der Waals surface area contributed by atoms with E-state index in [0.29, 0.717) is 0 Å². The van der Waals surface area contributed by atoms with Gasteiger partial charge in [-0.1, -0.05) is 30.3 Å². The largest absolute Gasteiger partial charge is 0.390 e. The van der Waals surface area contributed by atoms with Crippen LogP contribution in [0.25, 0.3) is 6.08 Å². The number of esters is 2. The van der Waals surface area contributed by atoms with E-state index in [0.717, 1.165) is 28.7 Å². The first kappa shape index (κ1) is 15.4. The van der Waals surface area contributed by atoms with Crippen LogP contribution < -0.4 is 0 Å². The summed E-state index contributed by atoms with van der Waals surface area (Å²) in [7, 11) is 0. The molecule has 0 bridgehead atoms. The van der Waals surface area contributed by atoms with E-state index in [2.05, 4.69) is 4.74 Å². The van der Waals surface area contributed by atoms with Gasteiger partial charge in [-0.05, 0) is 11.6 Å². The first-order valence-electron chi connectivity index (χ1n) is 6.57. The first-order chi connectivity index (χ1) is 10.6. The van der Waals surface area contributed by atoms with Crippen molar-refractivity contribution in [1.82, 2.24) is 4.90 Å². The van der Waals surface area contributed by atoms with Crippen molar-refractivity contribution in [3.05, 3.63) is 54.1 Å². The zero-order valence-corrected chi connectivity index (χ0v) is 11.6. The predicted octanol–water partition coefficient (Wildman–Crippen LogP) is 1.08. The fourth-order valence-electron chi connectivity index (χ4n) is 1.78. The van der Waals surface area contributed by atoms with Crippen LogP contribution >= 0.6 is 0 Å². The van der Waals surface area contributed by atoms with Crippen LogP contribution in [0.5, 0.6) is 0 Å². The second kappa shape index (κ2) is 7.12. The maximum atomic E-state index is 11.5. The van der Waals surface area contributed by atoms with Crippen LogP contribution in [0.3, 0.4) is 0 Å². The molecule has 1 heterocycles. The minimum absolute atomic E-state index is 0.112. The minimum Gasteiger partial charge on any atom is -0.390 e. The van der Waals surface area contributed by atoms with Gasteiger partial charge in [0.15, 0.2) is 0 Å². The molecule has 1 aromatic carbocycles. The summed E-state index contributed by atoms with van der Waals surface area (Å²) in [5.74, 6) is -2.55. The molecule has 0 atom stereocenters. The second-order valence-corrected chi connectivity index (χ2v) is 4.45. The smallest absolute Gasteiger partial charge is 0.338 e. The molecule has 1 aliphatic heterocycles. The van der Waals surface area contributed by atoms with Gasteiger partial charge in [0.25, 0.3) is 11.8 Å². The maximum Gasteiger partial charge on any atom is 0.338 e. The zero-order valence-electron chi connectivity index (χ0n) is 11.6. The normalized spacial score (nSPS) is 13.9. The fourth-order valence-corrected chi connectivity index (χ4v) is 1.78. The van der Waals surface area contributed by atoms with Gasteiger partial charge in [-0.25, -0.2) is 4.79 Å². The quantitative estimate of drug-likeness (QED) is 0.352. The highest BCUT2D eigenvalue weighted by Gasteiger charge is 2.24. The van der Waals surface area contributed by atoms with E-state index in [4.69, 9.17) is 0 Å². The van der Waals surface area contributed by atoms with Crippen LogP contribution in [0.15, 0.2) is 48.6 Å². The fraction of sp³-hybridized carbons (Fsp3) is 0.125. The number of amides is 2. The van der Waals surface area contributed by atoms with E-state index in [9.17, 15) is 19.2 Å². The third-order valence-electron chi connectivity index (χ3n) is 2.87. The number of carbonyl (C=O) groups excluding carboxylic acids is 4. The molecule has 112 valence electrons. The van der Waals surface area contributed by atoms with Crippen LogP contribution in [-0.4, -0.2) is 35.2 Å². The summed E-state index contributed by atoms with van der Waals surface area (Å²) in [6.07, 6.45) is 4.68. The van der Waals surface area contributed by atoms with Crippen LogP contribution in [-0.2, 0) is 23.9 Å². The Balaban J connectivity index is 1.77. The third kappa shape index (κ3) is 4.24. The van der Waals surface area contributed by atoms with Gasteiger partial charge >= 0.3 is 11.9 Å². The molecule has 1 aliphatic rings. The minimum atomic E-state index is -0.800. The first-order valence-corrected chi connectivity index (χ1v) is 6.57. The molecule has 0 N–H and O–H groups in total. The lowest BCUT2D eigenvalue weighted by atomic mass is 10.2. The number of rotatable bonds is 5. The Morgan fingerprint density at radius 2 is 1.68 bits per heavy atom. The number of nitrogens with zero attached hydrogens (tertiary/aromatic N) is 1. The summed E-state index contributed by atoms with van der Waals surface area (Å²) in [5.41, 5.74) is 0.797. The SMILES string of the molecule is O=C(C=Cc1ccccc1)OC(=O)CCN1C(=O)C=CC1=O. The van der Waals surface area contributed by atoms with Gasteiger partial charge in [0.05, 0.1) is 6.42 Å². The summed E-state index contributed by atoms with van der Waals surface area (Å²) >= 11 is 0. The van der Waals surface area contributed by atoms with Crippen LogP contribution in [0, 0.1) is 0 Å². The van der Waals surface area contributed by atoms with E-state index in [1.54, 1.807) is 12.1 Å². The van der Waals surface area contributed by atoms with Crippen molar-refractivity contribution >= 4 is 29.8 Å². The Bertz CT molecular complexity index is 642.